The van der Waals surface area contributed by atoms with Crippen molar-refractivity contribution in [2.24, 2.45) is 23.7 Å². The number of hydrogen-bond acceptors (Lipinski definition) is 6. The van der Waals surface area contributed by atoms with Gasteiger partial charge in [0, 0.05) is 23.2 Å². The molecule has 2 aliphatic rings. The third-order valence-electron chi connectivity index (χ3n) is 4.74. The minimum Gasteiger partial charge on any atom is -0.462 e. The number of thioether (sulfide) groups is 1. The number of cyclic esters (lactones) is 2. The summed E-state index contributed by atoms with van der Waals surface area (Å²) in [7, 11) is 0. The molecule has 1 unspecified atom stereocenters. The molecule has 0 aromatic heterocycles. The van der Waals surface area contributed by atoms with Crippen LogP contribution in [0.15, 0.2) is 12.2 Å². The highest BCUT2D eigenvalue weighted by Gasteiger charge is 2.37. The summed E-state index contributed by atoms with van der Waals surface area (Å²) in [5, 5.41) is 0.452. The zero-order valence-corrected chi connectivity index (χ0v) is 20.5. The van der Waals surface area contributed by atoms with Gasteiger partial charge in [-0.15, -0.1) is 0 Å². The molecule has 0 bridgehead atoms. The molecule has 28 heavy (non-hydrogen) atoms. The Kier molecular flexibility index (Phi) is 14.1. The van der Waals surface area contributed by atoms with E-state index in [1.54, 1.807) is 0 Å². The Hall–Kier alpha value is -0.620. The molecule has 0 amide bonds. The fourth-order valence-electron chi connectivity index (χ4n) is 3.40. The van der Waals surface area contributed by atoms with Gasteiger partial charge in [0.2, 0.25) is 0 Å². The van der Waals surface area contributed by atoms with Gasteiger partial charge in [-0.2, -0.15) is 24.4 Å². The average molecular weight is 433 g/mol. The number of esters is 2. The molecule has 6 heteroatoms. The summed E-state index contributed by atoms with van der Waals surface area (Å²) in [6.45, 7) is 16.8. The summed E-state index contributed by atoms with van der Waals surface area (Å²) >= 11 is 5.67. The zero-order valence-electron chi connectivity index (χ0n) is 18.8. The lowest BCUT2D eigenvalue weighted by Crippen LogP contribution is -2.42. The standard InChI is InChI=1S/C11H20O2S.C9H14O2.C2H6S/c1-5-14-9-6-10(12)13-11(7(2)3)8(9)4;1-6(2)9-7(3)4-5-8(10)11-9;1-2-3/h7-9,11H,5-6H2,1-4H3;4-7,9H,1-3H3;3H,2H2,1H3/t8-,9?,11-;7-,9-;/m00./s1. The zero-order chi connectivity index (χ0) is 21.9. The van der Waals surface area contributed by atoms with Crippen LogP contribution in [0, 0.1) is 23.7 Å². The molecule has 2 heterocycles. The number of ether oxygens (including phenoxy) is 2. The maximum atomic E-state index is 11.4. The highest BCUT2D eigenvalue weighted by molar-refractivity contribution is 7.99. The number of thiol groups is 1. The predicted octanol–water partition coefficient (Wildman–Crippen LogP) is 5.41. The van der Waals surface area contributed by atoms with Crippen molar-refractivity contribution in [2.75, 3.05) is 11.5 Å². The SMILES string of the molecule is CC(C)[C@@H]1OC(=O)C=C[C@@H]1C.CCS.CCSC1CC(=O)O[C@@H](C(C)C)[C@H]1C. The molecule has 0 N–H and O–H groups in total. The quantitative estimate of drug-likeness (QED) is 0.475. The Labute approximate surface area is 182 Å². The molecule has 0 spiro atoms. The van der Waals surface area contributed by atoms with E-state index in [1.807, 2.05) is 24.8 Å². The number of rotatable bonds is 4. The molecule has 5 atom stereocenters. The van der Waals surface area contributed by atoms with Crippen LogP contribution in [0.25, 0.3) is 0 Å². The lowest BCUT2D eigenvalue weighted by Gasteiger charge is -2.37. The van der Waals surface area contributed by atoms with Crippen LogP contribution >= 0.6 is 24.4 Å². The van der Waals surface area contributed by atoms with Crippen molar-refractivity contribution in [3.8, 4) is 0 Å². The second-order valence-corrected chi connectivity index (χ2v) is 10.1. The summed E-state index contributed by atoms with van der Waals surface area (Å²) in [5.74, 6) is 3.46. The molecule has 0 aromatic rings. The largest absolute Gasteiger partial charge is 0.462 e. The first-order valence-corrected chi connectivity index (χ1v) is 12.1. The summed E-state index contributed by atoms with van der Waals surface area (Å²) in [5.41, 5.74) is 0. The van der Waals surface area contributed by atoms with E-state index in [1.165, 1.54) is 6.08 Å². The van der Waals surface area contributed by atoms with Gasteiger partial charge in [-0.05, 0) is 23.3 Å². The Balaban J connectivity index is 0.000000466. The second-order valence-electron chi connectivity index (χ2n) is 7.94. The molecule has 0 radical (unpaired) electrons. The van der Waals surface area contributed by atoms with Crippen LogP contribution in [-0.4, -0.2) is 40.9 Å². The van der Waals surface area contributed by atoms with Crippen molar-refractivity contribution < 1.29 is 19.1 Å². The van der Waals surface area contributed by atoms with Crippen molar-refractivity contribution in [1.82, 2.24) is 0 Å². The Morgan fingerprint density at radius 2 is 1.61 bits per heavy atom. The van der Waals surface area contributed by atoms with Crippen molar-refractivity contribution >= 4 is 36.3 Å². The molecular formula is C22H40O4S2. The van der Waals surface area contributed by atoms with Gasteiger partial charge in [0.25, 0.3) is 0 Å². The normalized spacial score (nSPS) is 29.3. The molecule has 4 nitrogen and oxygen atoms in total. The fourth-order valence-corrected chi connectivity index (χ4v) is 4.54. The highest BCUT2D eigenvalue weighted by Crippen LogP contribution is 2.34. The van der Waals surface area contributed by atoms with Gasteiger partial charge < -0.3 is 9.47 Å². The van der Waals surface area contributed by atoms with E-state index in [4.69, 9.17) is 9.47 Å². The maximum Gasteiger partial charge on any atom is 0.330 e. The molecular weight excluding hydrogens is 392 g/mol. The molecule has 1 saturated heterocycles. The van der Waals surface area contributed by atoms with Crippen LogP contribution < -0.4 is 0 Å². The van der Waals surface area contributed by atoms with Crippen molar-refractivity contribution in [1.29, 1.82) is 0 Å². The highest BCUT2D eigenvalue weighted by atomic mass is 32.2. The summed E-state index contributed by atoms with van der Waals surface area (Å²) in [6, 6.07) is 0. The topological polar surface area (TPSA) is 52.6 Å². The van der Waals surface area contributed by atoms with Crippen LogP contribution in [0.3, 0.4) is 0 Å². The van der Waals surface area contributed by atoms with Gasteiger partial charge in [-0.25, -0.2) is 4.79 Å². The minimum absolute atomic E-state index is 0.0206. The Morgan fingerprint density at radius 1 is 1.07 bits per heavy atom. The number of carbonyl (C=O) groups is 2. The van der Waals surface area contributed by atoms with E-state index in [9.17, 15) is 9.59 Å². The first-order chi connectivity index (χ1) is 13.1. The lowest BCUT2D eigenvalue weighted by molar-refractivity contribution is -0.160. The number of hydrogen-bond donors (Lipinski definition) is 1. The van der Waals surface area contributed by atoms with Crippen LogP contribution in [0.5, 0.6) is 0 Å². The van der Waals surface area contributed by atoms with Gasteiger partial charge in [-0.3, -0.25) is 4.79 Å². The van der Waals surface area contributed by atoms with E-state index in [-0.39, 0.29) is 24.1 Å². The van der Waals surface area contributed by atoms with Gasteiger partial charge >= 0.3 is 11.9 Å². The van der Waals surface area contributed by atoms with E-state index in [0.717, 1.165) is 11.5 Å². The molecule has 0 saturated carbocycles. The van der Waals surface area contributed by atoms with Gasteiger partial charge in [0.15, 0.2) is 0 Å². The predicted molar refractivity (Wildman–Crippen MR) is 123 cm³/mol. The summed E-state index contributed by atoms with van der Waals surface area (Å²) in [4.78, 5) is 22.2. The summed E-state index contributed by atoms with van der Waals surface area (Å²) in [6.07, 6.45) is 4.18. The summed E-state index contributed by atoms with van der Waals surface area (Å²) < 4.78 is 10.5. The molecule has 2 rings (SSSR count). The van der Waals surface area contributed by atoms with E-state index in [2.05, 4.69) is 61.1 Å². The van der Waals surface area contributed by atoms with E-state index < -0.39 is 0 Å². The fraction of sp³-hybridized carbons (Fsp3) is 0.818. The van der Waals surface area contributed by atoms with E-state index in [0.29, 0.717) is 35.3 Å². The molecule has 164 valence electrons. The molecule has 0 aromatic carbocycles. The minimum atomic E-state index is -0.207. The van der Waals surface area contributed by atoms with Crippen LogP contribution in [0.4, 0.5) is 0 Å². The van der Waals surface area contributed by atoms with Crippen LogP contribution in [0.2, 0.25) is 0 Å². The third-order valence-corrected chi connectivity index (χ3v) is 6.10. The molecule has 1 fully saturated rings. The monoisotopic (exact) mass is 432 g/mol. The van der Waals surface area contributed by atoms with Crippen molar-refractivity contribution in [2.45, 2.75) is 79.3 Å². The maximum absolute atomic E-state index is 11.4. The molecule has 2 aliphatic heterocycles. The smallest absolute Gasteiger partial charge is 0.330 e. The van der Waals surface area contributed by atoms with Gasteiger partial charge in [0.05, 0.1) is 6.42 Å². The van der Waals surface area contributed by atoms with Crippen LogP contribution in [0.1, 0.15) is 61.8 Å². The van der Waals surface area contributed by atoms with Gasteiger partial charge in [0.1, 0.15) is 12.2 Å². The first-order valence-electron chi connectivity index (χ1n) is 10.4. The number of carbonyl (C=O) groups excluding carboxylic acids is 2. The van der Waals surface area contributed by atoms with E-state index >= 15 is 0 Å². The molecule has 0 aliphatic carbocycles. The Bertz CT molecular complexity index is 491. The first kappa shape index (κ1) is 27.4. The third kappa shape index (κ3) is 9.73. The van der Waals surface area contributed by atoms with Crippen LogP contribution in [-0.2, 0) is 19.1 Å². The van der Waals surface area contributed by atoms with Crippen molar-refractivity contribution in [3.05, 3.63) is 12.2 Å². The Morgan fingerprint density at radius 3 is 2.04 bits per heavy atom. The average Bonchev–Trinajstić information content (AvgIpc) is 2.61. The second kappa shape index (κ2) is 14.4. The van der Waals surface area contributed by atoms with Crippen molar-refractivity contribution in [3.63, 3.8) is 0 Å². The van der Waals surface area contributed by atoms with Gasteiger partial charge in [-0.1, -0.05) is 61.5 Å². The lowest BCUT2D eigenvalue weighted by atomic mass is 9.88.